The number of benzene rings is 1. The molecule has 1 aliphatic carbocycles. The van der Waals surface area contributed by atoms with Gasteiger partial charge in [-0.3, -0.25) is 9.78 Å². The largest absolute Gasteiger partial charge is 0.396 e. The van der Waals surface area contributed by atoms with Crippen LogP contribution in [0.15, 0.2) is 29.1 Å². The van der Waals surface area contributed by atoms with Crippen molar-refractivity contribution in [2.45, 2.75) is 24.7 Å². The van der Waals surface area contributed by atoms with Crippen molar-refractivity contribution >= 4 is 45.7 Å². The molecule has 1 fully saturated rings. The van der Waals surface area contributed by atoms with Crippen LogP contribution < -0.4 is 15.8 Å². The number of rotatable bonds is 5. The SMILES string of the molecule is CN(C)c1nc(N[C@@H]2C[C@H](CO)[C@@H](O)[C@H]2O)c(-c2nc3ccccc3s2)c(=O)[nH]1.Cl. The van der Waals surface area contributed by atoms with Gasteiger partial charge >= 0.3 is 0 Å². The van der Waals surface area contributed by atoms with Gasteiger partial charge in [0.15, 0.2) is 0 Å². The molecule has 2 aromatic heterocycles. The first kappa shape index (κ1) is 22.4. The molecule has 1 aromatic carbocycles. The Morgan fingerprint density at radius 2 is 1.97 bits per heavy atom. The average Bonchev–Trinajstić information content (AvgIpc) is 3.23. The quantitative estimate of drug-likeness (QED) is 0.387. The summed E-state index contributed by atoms with van der Waals surface area (Å²) in [6.07, 6.45) is -1.78. The number of fused-ring (bicyclic) bond motifs is 1. The fourth-order valence-electron chi connectivity index (χ4n) is 3.58. The Morgan fingerprint density at radius 1 is 1.23 bits per heavy atom. The molecule has 2 heterocycles. The van der Waals surface area contributed by atoms with E-state index in [0.29, 0.717) is 17.4 Å². The number of para-hydroxylation sites is 1. The number of hydrogen-bond donors (Lipinski definition) is 5. The number of aliphatic hydroxyl groups excluding tert-OH is 3. The van der Waals surface area contributed by atoms with Gasteiger partial charge in [0.05, 0.1) is 22.4 Å². The minimum absolute atomic E-state index is 0. The maximum Gasteiger partial charge on any atom is 0.264 e. The maximum absolute atomic E-state index is 12.9. The van der Waals surface area contributed by atoms with E-state index in [-0.39, 0.29) is 36.0 Å². The van der Waals surface area contributed by atoms with Gasteiger partial charge in [-0.15, -0.1) is 23.7 Å². The summed E-state index contributed by atoms with van der Waals surface area (Å²) in [7, 11) is 3.52. The van der Waals surface area contributed by atoms with Crippen molar-refractivity contribution in [1.29, 1.82) is 0 Å². The highest BCUT2D eigenvalue weighted by molar-refractivity contribution is 7.21. The van der Waals surface area contributed by atoms with Crippen LogP contribution in [0.4, 0.5) is 11.8 Å². The molecule has 5 N–H and O–H groups in total. The van der Waals surface area contributed by atoms with Crippen molar-refractivity contribution in [3.63, 3.8) is 0 Å². The van der Waals surface area contributed by atoms with Crippen LogP contribution in [0.2, 0.25) is 0 Å². The fourth-order valence-corrected chi connectivity index (χ4v) is 4.59. The van der Waals surface area contributed by atoms with Crippen molar-refractivity contribution in [2.75, 3.05) is 30.9 Å². The third-order valence-corrected chi connectivity index (χ3v) is 6.25. The summed E-state index contributed by atoms with van der Waals surface area (Å²) in [5, 5.41) is 33.6. The van der Waals surface area contributed by atoms with Crippen LogP contribution in [-0.2, 0) is 0 Å². The third-order valence-electron chi connectivity index (χ3n) is 5.20. The van der Waals surface area contributed by atoms with Gasteiger partial charge in [-0.25, -0.2) is 4.98 Å². The first-order valence-electron chi connectivity index (χ1n) is 9.30. The molecule has 30 heavy (non-hydrogen) atoms. The predicted octanol–water partition coefficient (Wildman–Crippen LogP) is 1.05. The molecule has 4 atom stereocenters. The lowest BCUT2D eigenvalue weighted by Crippen LogP contribution is -2.36. The smallest absolute Gasteiger partial charge is 0.264 e. The molecule has 0 amide bonds. The van der Waals surface area contributed by atoms with Crippen molar-refractivity contribution in [3.8, 4) is 10.6 Å². The molecule has 162 valence electrons. The second kappa shape index (κ2) is 8.86. The van der Waals surface area contributed by atoms with E-state index in [1.807, 2.05) is 24.3 Å². The van der Waals surface area contributed by atoms with E-state index in [1.54, 1.807) is 19.0 Å². The van der Waals surface area contributed by atoms with Crippen molar-refractivity contribution in [2.24, 2.45) is 5.92 Å². The second-order valence-electron chi connectivity index (χ2n) is 7.40. The van der Waals surface area contributed by atoms with E-state index in [9.17, 15) is 20.1 Å². The van der Waals surface area contributed by atoms with Crippen LogP contribution in [0.1, 0.15) is 6.42 Å². The van der Waals surface area contributed by atoms with Gasteiger partial charge in [0, 0.05) is 26.6 Å². The maximum atomic E-state index is 12.9. The predicted molar refractivity (Wildman–Crippen MR) is 120 cm³/mol. The number of halogens is 1. The minimum Gasteiger partial charge on any atom is -0.396 e. The number of aromatic nitrogens is 3. The van der Waals surface area contributed by atoms with Gasteiger partial charge in [0.2, 0.25) is 5.95 Å². The molecule has 0 radical (unpaired) electrons. The van der Waals surface area contributed by atoms with E-state index < -0.39 is 24.2 Å². The Labute approximate surface area is 182 Å². The van der Waals surface area contributed by atoms with Crippen molar-refractivity contribution < 1.29 is 15.3 Å². The Bertz CT molecular complexity index is 1060. The lowest BCUT2D eigenvalue weighted by Gasteiger charge is -2.21. The van der Waals surface area contributed by atoms with Crippen LogP contribution in [-0.4, -0.2) is 69.2 Å². The fraction of sp³-hybridized carbons (Fsp3) is 0.421. The van der Waals surface area contributed by atoms with Crippen molar-refractivity contribution in [1.82, 2.24) is 15.0 Å². The van der Waals surface area contributed by atoms with E-state index in [0.717, 1.165) is 10.2 Å². The van der Waals surface area contributed by atoms with E-state index in [1.165, 1.54) is 11.3 Å². The highest BCUT2D eigenvalue weighted by Gasteiger charge is 2.41. The molecule has 4 rings (SSSR count). The normalized spacial score (nSPS) is 23.4. The Balaban J connectivity index is 0.00000256. The van der Waals surface area contributed by atoms with Crippen molar-refractivity contribution in [3.05, 3.63) is 34.6 Å². The summed E-state index contributed by atoms with van der Waals surface area (Å²) >= 11 is 1.38. The zero-order valence-electron chi connectivity index (χ0n) is 16.4. The molecule has 11 heteroatoms. The zero-order valence-corrected chi connectivity index (χ0v) is 18.1. The van der Waals surface area contributed by atoms with E-state index in [2.05, 4.69) is 20.3 Å². The molecular formula is C19H24ClN5O4S. The standard InChI is InChI=1S/C19H23N5O4S.ClH/c1-24(2)19-22-16(20-11-7-9(8-25)14(26)15(11)27)13(17(28)23-19)18-21-10-5-3-4-6-12(10)29-18;/h3-6,9,11,14-15,25-27H,7-8H2,1-2H3,(H2,20,22,23,28);1H/t9-,11-,14-,15+;/m1./s1. The van der Waals surface area contributed by atoms with Gasteiger partial charge in [-0.2, -0.15) is 4.98 Å². The number of nitrogens with one attached hydrogen (secondary N) is 2. The van der Waals surface area contributed by atoms with E-state index in [4.69, 9.17) is 0 Å². The number of hydrogen-bond acceptors (Lipinski definition) is 9. The summed E-state index contributed by atoms with van der Waals surface area (Å²) in [5.41, 5.74) is 0.717. The van der Waals surface area contributed by atoms with Crippen LogP contribution in [0, 0.1) is 5.92 Å². The molecule has 0 aliphatic heterocycles. The number of aliphatic hydroxyl groups is 3. The van der Waals surface area contributed by atoms with Gasteiger partial charge in [0.1, 0.15) is 22.5 Å². The highest BCUT2D eigenvalue weighted by Crippen LogP contribution is 2.34. The zero-order chi connectivity index (χ0) is 20.7. The Hall–Kier alpha value is -2.24. The minimum atomic E-state index is -1.08. The van der Waals surface area contributed by atoms with Crippen LogP contribution in [0.25, 0.3) is 20.8 Å². The van der Waals surface area contributed by atoms with Gasteiger partial charge in [0.25, 0.3) is 5.56 Å². The number of thiazole rings is 1. The monoisotopic (exact) mass is 453 g/mol. The lowest BCUT2D eigenvalue weighted by atomic mass is 10.1. The molecule has 0 unspecified atom stereocenters. The van der Waals surface area contributed by atoms with Gasteiger partial charge in [-0.1, -0.05) is 12.1 Å². The highest BCUT2D eigenvalue weighted by atomic mass is 35.5. The summed E-state index contributed by atoms with van der Waals surface area (Å²) in [6, 6.07) is 7.05. The Kier molecular flexibility index (Phi) is 6.63. The number of aromatic amines is 1. The average molecular weight is 454 g/mol. The topological polar surface area (TPSA) is 135 Å². The first-order chi connectivity index (χ1) is 13.9. The molecular weight excluding hydrogens is 430 g/mol. The molecule has 0 bridgehead atoms. The van der Waals surface area contributed by atoms with Gasteiger partial charge in [-0.05, 0) is 18.6 Å². The number of nitrogens with zero attached hydrogens (tertiary/aromatic N) is 3. The number of anilines is 2. The first-order valence-corrected chi connectivity index (χ1v) is 10.1. The van der Waals surface area contributed by atoms with Crippen LogP contribution in [0.5, 0.6) is 0 Å². The molecule has 3 aromatic rings. The summed E-state index contributed by atoms with van der Waals surface area (Å²) < 4.78 is 0.946. The third kappa shape index (κ3) is 4.01. The lowest BCUT2D eigenvalue weighted by molar-refractivity contribution is 0.00446. The second-order valence-corrected chi connectivity index (χ2v) is 8.44. The van der Waals surface area contributed by atoms with Gasteiger partial charge < -0.3 is 25.5 Å². The summed E-state index contributed by atoms with van der Waals surface area (Å²) in [6.45, 7) is -0.229. The molecule has 9 nitrogen and oxygen atoms in total. The Morgan fingerprint density at radius 3 is 2.60 bits per heavy atom. The molecule has 0 saturated heterocycles. The van der Waals surface area contributed by atoms with Crippen LogP contribution >= 0.6 is 23.7 Å². The number of H-pyrrole nitrogens is 1. The molecule has 1 aliphatic rings. The van der Waals surface area contributed by atoms with Crippen LogP contribution in [0.3, 0.4) is 0 Å². The van der Waals surface area contributed by atoms with E-state index >= 15 is 0 Å². The molecule has 0 spiro atoms. The molecule has 1 saturated carbocycles. The summed E-state index contributed by atoms with van der Waals surface area (Å²) in [5.74, 6) is 0.198. The summed E-state index contributed by atoms with van der Waals surface area (Å²) in [4.78, 5) is 26.5.